The number of aromatic nitrogens is 4. The third kappa shape index (κ3) is 4.67. The zero-order valence-electron chi connectivity index (χ0n) is 13.7. The number of carbonyl (C=O) groups is 1. The van der Waals surface area contributed by atoms with Crippen molar-refractivity contribution in [3.05, 3.63) is 60.2 Å². The molecule has 26 heavy (non-hydrogen) atoms. The number of hydrogen-bond acceptors (Lipinski definition) is 7. The van der Waals surface area contributed by atoms with Crippen LogP contribution in [-0.2, 0) is 10.0 Å². The summed E-state index contributed by atoms with van der Waals surface area (Å²) in [6.45, 7) is 0. The second-order valence-electron chi connectivity index (χ2n) is 5.37. The SMILES string of the molecule is CS(=O)(=O)Nc1ccc(C(=O)CSc2nnnn2-c2ccccc2)cc1. The lowest BCUT2D eigenvalue weighted by molar-refractivity contribution is 0.102. The first-order valence-electron chi connectivity index (χ1n) is 7.50. The zero-order chi connectivity index (χ0) is 18.6. The summed E-state index contributed by atoms with van der Waals surface area (Å²) < 4.78 is 26.3. The Balaban J connectivity index is 1.66. The van der Waals surface area contributed by atoms with E-state index in [-0.39, 0.29) is 11.5 Å². The van der Waals surface area contributed by atoms with E-state index in [0.717, 1.165) is 11.9 Å². The van der Waals surface area contributed by atoms with Crippen LogP contribution in [0.4, 0.5) is 5.69 Å². The summed E-state index contributed by atoms with van der Waals surface area (Å²) in [5, 5.41) is 12.1. The molecule has 0 aliphatic rings. The molecule has 0 bridgehead atoms. The Kier molecular flexibility index (Phi) is 5.33. The lowest BCUT2D eigenvalue weighted by Crippen LogP contribution is -2.10. The van der Waals surface area contributed by atoms with Crippen LogP contribution in [0.5, 0.6) is 0 Å². The van der Waals surface area contributed by atoms with Gasteiger partial charge in [-0.05, 0) is 46.8 Å². The van der Waals surface area contributed by atoms with Crippen molar-refractivity contribution in [1.29, 1.82) is 0 Å². The van der Waals surface area contributed by atoms with E-state index < -0.39 is 10.0 Å². The molecular weight excluding hydrogens is 374 g/mol. The molecule has 0 aliphatic carbocycles. The van der Waals surface area contributed by atoms with Gasteiger partial charge in [0.2, 0.25) is 15.2 Å². The molecule has 0 unspecified atom stereocenters. The Hall–Kier alpha value is -2.72. The van der Waals surface area contributed by atoms with Crippen molar-refractivity contribution in [1.82, 2.24) is 20.2 Å². The van der Waals surface area contributed by atoms with Gasteiger partial charge in [-0.2, -0.15) is 4.68 Å². The Morgan fingerprint density at radius 3 is 2.46 bits per heavy atom. The highest BCUT2D eigenvalue weighted by Crippen LogP contribution is 2.20. The number of carbonyl (C=O) groups excluding carboxylic acids is 1. The summed E-state index contributed by atoms with van der Waals surface area (Å²) in [6.07, 6.45) is 1.07. The standard InChI is InChI=1S/C16H15N5O3S2/c1-26(23,24)18-13-9-7-12(8-10-13)15(22)11-25-16-17-19-20-21(16)14-5-3-2-4-6-14/h2-10,18H,11H2,1H3. The van der Waals surface area contributed by atoms with Crippen molar-refractivity contribution >= 4 is 33.3 Å². The van der Waals surface area contributed by atoms with Gasteiger partial charge in [0, 0.05) is 11.3 Å². The van der Waals surface area contributed by atoms with Crippen molar-refractivity contribution in [3.63, 3.8) is 0 Å². The van der Waals surface area contributed by atoms with Gasteiger partial charge < -0.3 is 0 Å². The van der Waals surface area contributed by atoms with E-state index in [1.807, 2.05) is 30.3 Å². The van der Waals surface area contributed by atoms with Crippen LogP contribution >= 0.6 is 11.8 Å². The van der Waals surface area contributed by atoms with Crippen LogP contribution in [0.3, 0.4) is 0 Å². The first kappa shape index (κ1) is 18.1. The molecule has 0 spiro atoms. The van der Waals surface area contributed by atoms with Crippen molar-refractivity contribution in [2.45, 2.75) is 5.16 Å². The number of benzene rings is 2. The van der Waals surface area contributed by atoms with Gasteiger partial charge in [-0.1, -0.05) is 30.0 Å². The summed E-state index contributed by atoms with van der Waals surface area (Å²) in [5.41, 5.74) is 1.70. The van der Waals surface area contributed by atoms with E-state index in [2.05, 4.69) is 20.2 Å². The van der Waals surface area contributed by atoms with Crippen molar-refractivity contribution in [2.75, 3.05) is 16.7 Å². The number of ketones is 1. The number of nitrogens with one attached hydrogen (secondary N) is 1. The molecule has 0 saturated heterocycles. The molecule has 0 amide bonds. The monoisotopic (exact) mass is 389 g/mol. The van der Waals surface area contributed by atoms with E-state index in [1.54, 1.807) is 28.9 Å². The van der Waals surface area contributed by atoms with Crippen molar-refractivity contribution < 1.29 is 13.2 Å². The van der Waals surface area contributed by atoms with Gasteiger partial charge in [-0.15, -0.1) is 5.10 Å². The summed E-state index contributed by atoms with van der Waals surface area (Å²) in [7, 11) is -3.35. The fourth-order valence-electron chi connectivity index (χ4n) is 2.15. The number of thioether (sulfide) groups is 1. The third-order valence-corrected chi connectivity index (χ3v) is 4.81. The highest BCUT2D eigenvalue weighted by atomic mass is 32.2. The average molecular weight is 389 g/mol. The highest BCUT2D eigenvalue weighted by molar-refractivity contribution is 7.99. The minimum absolute atomic E-state index is 0.108. The van der Waals surface area contributed by atoms with Gasteiger partial charge in [0.25, 0.3) is 0 Å². The number of sulfonamides is 1. The van der Waals surface area contributed by atoms with E-state index in [9.17, 15) is 13.2 Å². The Bertz CT molecular complexity index is 1000. The quantitative estimate of drug-likeness (QED) is 0.486. The first-order valence-corrected chi connectivity index (χ1v) is 10.4. The lowest BCUT2D eigenvalue weighted by atomic mass is 10.1. The lowest BCUT2D eigenvalue weighted by Gasteiger charge is -2.06. The molecule has 1 heterocycles. The van der Waals surface area contributed by atoms with Gasteiger partial charge in [0.05, 0.1) is 17.7 Å². The Morgan fingerprint density at radius 2 is 1.81 bits per heavy atom. The van der Waals surface area contributed by atoms with Crippen LogP contribution in [0.2, 0.25) is 0 Å². The number of anilines is 1. The number of Topliss-reactive ketones (excluding diaryl/α,β-unsaturated/α-hetero) is 1. The number of hydrogen-bond donors (Lipinski definition) is 1. The highest BCUT2D eigenvalue weighted by Gasteiger charge is 2.13. The van der Waals surface area contributed by atoms with Crippen molar-refractivity contribution in [2.24, 2.45) is 0 Å². The largest absolute Gasteiger partial charge is 0.293 e. The molecule has 0 saturated carbocycles. The molecule has 3 aromatic rings. The Morgan fingerprint density at radius 1 is 1.12 bits per heavy atom. The maximum Gasteiger partial charge on any atom is 0.229 e. The molecule has 0 atom stereocenters. The topological polar surface area (TPSA) is 107 Å². The molecular formula is C16H15N5O3S2. The first-order chi connectivity index (χ1) is 12.4. The fourth-order valence-corrected chi connectivity index (χ4v) is 3.50. The van der Waals surface area contributed by atoms with Gasteiger partial charge in [0.15, 0.2) is 5.78 Å². The minimum atomic E-state index is -3.35. The average Bonchev–Trinajstić information content (AvgIpc) is 3.08. The molecule has 3 rings (SSSR count). The van der Waals surface area contributed by atoms with E-state index >= 15 is 0 Å². The van der Waals surface area contributed by atoms with E-state index in [1.165, 1.54) is 11.8 Å². The van der Waals surface area contributed by atoms with E-state index in [4.69, 9.17) is 0 Å². The van der Waals surface area contributed by atoms with Crippen LogP contribution in [0.1, 0.15) is 10.4 Å². The maximum atomic E-state index is 12.3. The number of tetrazole rings is 1. The predicted octanol–water partition coefficient (Wildman–Crippen LogP) is 2.01. The molecule has 8 nitrogen and oxygen atoms in total. The normalized spacial score (nSPS) is 11.3. The third-order valence-electron chi connectivity index (χ3n) is 3.28. The van der Waals surface area contributed by atoms with E-state index in [0.29, 0.717) is 16.4 Å². The van der Waals surface area contributed by atoms with Crippen LogP contribution in [0.15, 0.2) is 59.8 Å². The van der Waals surface area contributed by atoms with Gasteiger partial charge >= 0.3 is 0 Å². The molecule has 134 valence electrons. The number of rotatable bonds is 7. The molecule has 0 radical (unpaired) electrons. The van der Waals surface area contributed by atoms with Crippen molar-refractivity contribution in [3.8, 4) is 5.69 Å². The van der Waals surface area contributed by atoms with Gasteiger partial charge in [-0.25, -0.2) is 8.42 Å². The van der Waals surface area contributed by atoms with Crippen LogP contribution in [0, 0.1) is 0 Å². The summed E-state index contributed by atoms with van der Waals surface area (Å²) in [6, 6.07) is 15.6. The molecule has 0 fully saturated rings. The summed E-state index contributed by atoms with van der Waals surface area (Å²) in [5.74, 6) is 0.0509. The predicted molar refractivity (Wildman–Crippen MR) is 99.1 cm³/mol. The van der Waals surface area contributed by atoms with Gasteiger partial charge in [0.1, 0.15) is 0 Å². The zero-order valence-corrected chi connectivity index (χ0v) is 15.4. The molecule has 2 aromatic carbocycles. The number of para-hydroxylation sites is 1. The molecule has 1 N–H and O–H groups in total. The Labute approximate surface area is 154 Å². The maximum absolute atomic E-state index is 12.3. The fraction of sp³-hybridized carbons (Fsp3) is 0.125. The second-order valence-corrected chi connectivity index (χ2v) is 8.06. The van der Waals surface area contributed by atoms with Crippen LogP contribution in [0.25, 0.3) is 5.69 Å². The second kappa shape index (κ2) is 7.67. The molecule has 10 heteroatoms. The van der Waals surface area contributed by atoms with Crippen LogP contribution in [-0.4, -0.2) is 46.4 Å². The summed E-state index contributed by atoms with van der Waals surface area (Å²) >= 11 is 1.23. The molecule has 1 aromatic heterocycles. The minimum Gasteiger partial charge on any atom is -0.293 e. The van der Waals surface area contributed by atoms with Gasteiger partial charge in [-0.3, -0.25) is 9.52 Å². The van der Waals surface area contributed by atoms with Crippen LogP contribution < -0.4 is 4.72 Å². The number of nitrogens with zero attached hydrogens (tertiary/aromatic N) is 4. The molecule has 0 aliphatic heterocycles. The summed E-state index contributed by atoms with van der Waals surface area (Å²) in [4.78, 5) is 12.3. The smallest absolute Gasteiger partial charge is 0.229 e.